The standard InChI is InChI=1S/C15H16N2O3S/c1-3-4-5-14(19)20-9-13(18)17-15-16-11-7-6-10(2)8-12(11)21-15/h4-8H,3,9H2,1-2H3,(H,16,17,18)/b5-4+. The van der Waals surface area contributed by atoms with Crippen LogP contribution in [0.1, 0.15) is 18.9 Å². The number of amides is 1. The number of esters is 1. The molecule has 6 heteroatoms. The highest BCUT2D eigenvalue weighted by Crippen LogP contribution is 2.26. The number of aryl methyl sites for hydroxylation is 1. The van der Waals surface area contributed by atoms with Crippen LogP contribution in [0.15, 0.2) is 30.4 Å². The van der Waals surface area contributed by atoms with Crippen molar-refractivity contribution < 1.29 is 14.3 Å². The summed E-state index contributed by atoms with van der Waals surface area (Å²) in [6.07, 6.45) is 3.73. The molecule has 0 saturated heterocycles. The van der Waals surface area contributed by atoms with Gasteiger partial charge in [0.1, 0.15) is 0 Å². The maximum absolute atomic E-state index is 11.7. The second-order valence-corrected chi connectivity index (χ2v) is 5.49. The molecule has 0 aliphatic heterocycles. The number of aromatic nitrogens is 1. The van der Waals surface area contributed by atoms with E-state index >= 15 is 0 Å². The molecule has 1 amide bonds. The van der Waals surface area contributed by atoms with Gasteiger partial charge in [0.25, 0.3) is 5.91 Å². The molecular formula is C15H16N2O3S. The highest BCUT2D eigenvalue weighted by atomic mass is 32.1. The first kappa shape index (κ1) is 15.2. The van der Waals surface area contributed by atoms with Crippen LogP contribution < -0.4 is 5.32 Å². The summed E-state index contributed by atoms with van der Waals surface area (Å²) in [6, 6.07) is 5.89. The smallest absolute Gasteiger partial charge is 0.330 e. The number of ether oxygens (including phenoxy) is 1. The van der Waals surface area contributed by atoms with Crippen molar-refractivity contribution in [2.24, 2.45) is 0 Å². The third-order valence-electron chi connectivity index (χ3n) is 2.63. The third-order valence-corrected chi connectivity index (χ3v) is 3.56. The van der Waals surface area contributed by atoms with E-state index in [1.165, 1.54) is 17.4 Å². The zero-order valence-electron chi connectivity index (χ0n) is 11.9. The van der Waals surface area contributed by atoms with E-state index in [0.29, 0.717) is 5.13 Å². The van der Waals surface area contributed by atoms with E-state index < -0.39 is 11.9 Å². The Labute approximate surface area is 126 Å². The van der Waals surface area contributed by atoms with Gasteiger partial charge in [-0.15, -0.1) is 0 Å². The fourth-order valence-electron chi connectivity index (χ4n) is 1.64. The van der Waals surface area contributed by atoms with Crippen molar-refractivity contribution in [2.45, 2.75) is 20.3 Å². The van der Waals surface area contributed by atoms with E-state index in [2.05, 4.69) is 10.3 Å². The molecule has 0 aliphatic rings. The highest BCUT2D eigenvalue weighted by molar-refractivity contribution is 7.22. The van der Waals surface area contributed by atoms with Crippen molar-refractivity contribution in [1.29, 1.82) is 0 Å². The Kier molecular flexibility index (Phi) is 5.05. The Balaban J connectivity index is 1.92. The molecule has 0 saturated carbocycles. The van der Waals surface area contributed by atoms with Crippen LogP contribution in [-0.4, -0.2) is 23.5 Å². The summed E-state index contributed by atoms with van der Waals surface area (Å²) in [7, 11) is 0. The SMILES string of the molecule is CC/C=C/C(=O)OCC(=O)Nc1nc2ccc(C)cc2s1. The van der Waals surface area contributed by atoms with Gasteiger partial charge in [0.2, 0.25) is 0 Å². The Bertz CT molecular complexity index is 691. The zero-order chi connectivity index (χ0) is 15.2. The van der Waals surface area contributed by atoms with Crippen molar-refractivity contribution in [1.82, 2.24) is 4.98 Å². The molecule has 1 aromatic carbocycles. The molecule has 1 heterocycles. The van der Waals surface area contributed by atoms with Crippen LogP contribution in [0.2, 0.25) is 0 Å². The van der Waals surface area contributed by atoms with Crippen LogP contribution in [0.3, 0.4) is 0 Å². The van der Waals surface area contributed by atoms with Crippen LogP contribution in [0.5, 0.6) is 0 Å². The van der Waals surface area contributed by atoms with Crippen LogP contribution in [0.25, 0.3) is 10.2 Å². The quantitative estimate of drug-likeness (QED) is 0.681. The van der Waals surface area contributed by atoms with E-state index in [4.69, 9.17) is 4.74 Å². The molecule has 0 aliphatic carbocycles. The normalized spacial score (nSPS) is 11.0. The predicted molar refractivity (Wildman–Crippen MR) is 83.4 cm³/mol. The van der Waals surface area contributed by atoms with E-state index in [1.54, 1.807) is 6.08 Å². The lowest BCUT2D eigenvalue weighted by Crippen LogP contribution is -2.19. The van der Waals surface area contributed by atoms with Gasteiger partial charge in [-0.3, -0.25) is 10.1 Å². The first-order valence-electron chi connectivity index (χ1n) is 6.59. The van der Waals surface area contributed by atoms with Crippen molar-refractivity contribution >= 4 is 38.6 Å². The van der Waals surface area contributed by atoms with E-state index in [1.807, 2.05) is 32.0 Å². The molecule has 0 bridgehead atoms. The number of benzene rings is 1. The molecule has 0 unspecified atom stereocenters. The van der Waals surface area contributed by atoms with Gasteiger partial charge < -0.3 is 4.74 Å². The summed E-state index contributed by atoms with van der Waals surface area (Å²) in [4.78, 5) is 27.2. The Morgan fingerprint density at radius 3 is 3.00 bits per heavy atom. The van der Waals surface area contributed by atoms with Gasteiger partial charge in [0.15, 0.2) is 11.7 Å². The molecule has 1 aromatic heterocycles. The molecule has 5 nitrogen and oxygen atoms in total. The summed E-state index contributed by atoms with van der Waals surface area (Å²) in [5.41, 5.74) is 1.98. The fourth-order valence-corrected chi connectivity index (χ4v) is 2.62. The van der Waals surface area contributed by atoms with Crippen LogP contribution in [-0.2, 0) is 14.3 Å². The number of nitrogens with one attached hydrogen (secondary N) is 1. The summed E-state index contributed by atoms with van der Waals surface area (Å²) >= 11 is 1.39. The van der Waals surface area contributed by atoms with Gasteiger partial charge in [-0.2, -0.15) is 0 Å². The van der Waals surface area contributed by atoms with Gasteiger partial charge in [-0.05, 0) is 31.0 Å². The molecular weight excluding hydrogens is 288 g/mol. The lowest BCUT2D eigenvalue weighted by atomic mass is 10.2. The monoisotopic (exact) mass is 304 g/mol. The maximum Gasteiger partial charge on any atom is 0.330 e. The Morgan fingerprint density at radius 2 is 2.24 bits per heavy atom. The second kappa shape index (κ2) is 6.99. The lowest BCUT2D eigenvalue weighted by Gasteiger charge is -2.01. The topological polar surface area (TPSA) is 68.3 Å². The molecule has 0 radical (unpaired) electrons. The molecule has 2 aromatic rings. The van der Waals surface area contributed by atoms with Crippen LogP contribution >= 0.6 is 11.3 Å². The first-order valence-corrected chi connectivity index (χ1v) is 7.40. The lowest BCUT2D eigenvalue weighted by molar-refractivity contribution is -0.142. The number of nitrogens with zero attached hydrogens (tertiary/aromatic N) is 1. The fraction of sp³-hybridized carbons (Fsp3) is 0.267. The Hall–Kier alpha value is -2.21. The number of fused-ring (bicyclic) bond motifs is 1. The first-order chi connectivity index (χ1) is 10.1. The van der Waals surface area contributed by atoms with Crippen LogP contribution in [0.4, 0.5) is 5.13 Å². The third kappa shape index (κ3) is 4.39. The number of thiazole rings is 1. The van der Waals surface area contributed by atoms with Crippen molar-refractivity contribution in [3.05, 3.63) is 35.9 Å². The van der Waals surface area contributed by atoms with Gasteiger partial charge in [0, 0.05) is 6.08 Å². The average Bonchev–Trinajstić information content (AvgIpc) is 2.84. The molecule has 2 rings (SSSR count). The van der Waals surface area contributed by atoms with Crippen molar-refractivity contribution in [3.63, 3.8) is 0 Å². The average molecular weight is 304 g/mol. The summed E-state index contributed by atoms with van der Waals surface area (Å²) in [5, 5.41) is 3.13. The Morgan fingerprint density at radius 1 is 1.43 bits per heavy atom. The van der Waals surface area contributed by atoms with E-state index in [9.17, 15) is 9.59 Å². The largest absolute Gasteiger partial charge is 0.452 e. The maximum atomic E-state index is 11.7. The number of carbonyl (C=O) groups excluding carboxylic acids is 2. The number of hydrogen-bond acceptors (Lipinski definition) is 5. The number of carbonyl (C=O) groups is 2. The minimum absolute atomic E-state index is 0.318. The second-order valence-electron chi connectivity index (χ2n) is 4.46. The van der Waals surface area contributed by atoms with Gasteiger partial charge in [-0.25, -0.2) is 9.78 Å². The minimum Gasteiger partial charge on any atom is -0.452 e. The van der Waals surface area contributed by atoms with Crippen molar-refractivity contribution in [2.75, 3.05) is 11.9 Å². The summed E-state index contributed by atoms with van der Waals surface area (Å²) < 4.78 is 5.82. The van der Waals surface area contributed by atoms with E-state index in [0.717, 1.165) is 22.2 Å². The molecule has 21 heavy (non-hydrogen) atoms. The molecule has 0 fully saturated rings. The van der Waals surface area contributed by atoms with Gasteiger partial charge in [0.05, 0.1) is 10.2 Å². The van der Waals surface area contributed by atoms with Gasteiger partial charge >= 0.3 is 5.97 Å². The van der Waals surface area contributed by atoms with Crippen LogP contribution in [0, 0.1) is 6.92 Å². The van der Waals surface area contributed by atoms with E-state index in [-0.39, 0.29) is 6.61 Å². The number of hydrogen-bond donors (Lipinski definition) is 1. The summed E-state index contributed by atoms with van der Waals surface area (Å²) in [6.45, 7) is 3.59. The minimum atomic E-state index is -0.521. The summed E-state index contributed by atoms with van der Waals surface area (Å²) in [5.74, 6) is -0.920. The highest BCUT2D eigenvalue weighted by Gasteiger charge is 2.09. The molecule has 110 valence electrons. The molecule has 0 atom stereocenters. The number of rotatable bonds is 5. The molecule has 1 N–H and O–H groups in total. The number of allylic oxidation sites excluding steroid dienone is 1. The predicted octanol–water partition coefficient (Wildman–Crippen LogP) is 3.05. The van der Waals surface area contributed by atoms with Gasteiger partial charge in [-0.1, -0.05) is 30.4 Å². The van der Waals surface area contributed by atoms with Crippen molar-refractivity contribution in [3.8, 4) is 0 Å². The number of anilines is 1. The zero-order valence-corrected chi connectivity index (χ0v) is 12.7. The molecule has 0 spiro atoms.